The van der Waals surface area contributed by atoms with Gasteiger partial charge in [0, 0.05) is 5.69 Å². The van der Waals surface area contributed by atoms with Crippen LogP contribution >= 0.6 is 0 Å². The predicted molar refractivity (Wildman–Crippen MR) is 122 cm³/mol. The second-order valence-electron chi connectivity index (χ2n) is 9.33. The molecule has 0 radical (unpaired) electrons. The molecule has 4 atom stereocenters. The highest BCUT2D eigenvalue weighted by molar-refractivity contribution is 6.22. The van der Waals surface area contributed by atoms with Gasteiger partial charge in [0.15, 0.2) is 6.61 Å². The van der Waals surface area contributed by atoms with Crippen LogP contribution in [-0.2, 0) is 19.1 Å². The molecule has 3 fully saturated rings. The monoisotopic (exact) mass is 446 g/mol. The molecule has 1 N–H and O–H groups in total. The standard InChI is InChI=1S/C26H26N2O5/c1-14-4-3-5-15(2)23(14)27-20(29)13-33-26(32)16-8-10-19(11-9-16)28-24(30)21-17-6-7-18(12-17)22(21)25(28)31/h3-5,8-11,17-18,21-22H,6-7,12-13H2,1-2H3,(H,27,29)/t17-,18-,21+,22+/m0/s1. The lowest BCUT2D eigenvalue weighted by molar-refractivity contribution is -0.123. The van der Waals surface area contributed by atoms with Crippen molar-refractivity contribution in [3.63, 3.8) is 0 Å². The second kappa shape index (κ2) is 8.14. The van der Waals surface area contributed by atoms with E-state index in [0.717, 1.165) is 30.4 Å². The molecular formula is C26H26N2O5. The molecule has 1 saturated heterocycles. The molecule has 0 unspecified atom stereocenters. The second-order valence-corrected chi connectivity index (χ2v) is 9.33. The summed E-state index contributed by atoms with van der Waals surface area (Å²) in [6, 6.07) is 11.9. The Bertz CT molecular complexity index is 1110. The molecule has 2 aromatic carbocycles. The van der Waals surface area contributed by atoms with Gasteiger partial charge in [-0.3, -0.25) is 19.3 Å². The van der Waals surface area contributed by atoms with E-state index in [1.165, 1.54) is 17.0 Å². The van der Waals surface area contributed by atoms with Crippen LogP contribution < -0.4 is 10.2 Å². The van der Waals surface area contributed by atoms with Crippen molar-refractivity contribution in [1.29, 1.82) is 0 Å². The molecular weight excluding hydrogens is 420 g/mol. The van der Waals surface area contributed by atoms with Crippen LogP contribution in [0, 0.1) is 37.5 Å². The number of rotatable bonds is 5. The minimum atomic E-state index is -0.646. The first kappa shape index (κ1) is 21.4. The Balaban J connectivity index is 1.21. The van der Waals surface area contributed by atoms with Crippen molar-refractivity contribution in [3.05, 3.63) is 59.2 Å². The summed E-state index contributed by atoms with van der Waals surface area (Å²) in [5.74, 6) is -1.02. The zero-order chi connectivity index (χ0) is 23.3. The number of esters is 1. The van der Waals surface area contributed by atoms with Gasteiger partial charge in [0.05, 0.1) is 23.1 Å². The van der Waals surface area contributed by atoms with Gasteiger partial charge >= 0.3 is 5.97 Å². The van der Waals surface area contributed by atoms with Crippen LogP contribution in [0.2, 0.25) is 0 Å². The van der Waals surface area contributed by atoms with Crippen molar-refractivity contribution in [2.75, 3.05) is 16.8 Å². The summed E-state index contributed by atoms with van der Waals surface area (Å²) in [5, 5.41) is 2.77. The Hall–Kier alpha value is -3.48. The topological polar surface area (TPSA) is 92.8 Å². The van der Waals surface area contributed by atoms with Gasteiger partial charge in [0.1, 0.15) is 0 Å². The van der Waals surface area contributed by atoms with E-state index < -0.39 is 18.5 Å². The lowest BCUT2D eigenvalue weighted by Gasteiger charge is -2.19. The molecule has 3 aliphatic rings. The van der Waals surface area contributed by atoms with E-state index in [-0.39, 0.29) is 29.2 Å². The van der Waals surface area contributed by atoms with E-state index in [4.69, 9.17) is 4.74 Å². The molecule has 2 saturated carbocycles. The van der Waals surface area contributed by atoms with Crippen LogP contribution in [0.5, 0.6) is 0 Å². The fraction of sp³-hybridized carbons (Fsp3) is 0.385. The normalized spacial score (nSPS) is 25.3. The summed E-state index contributed by atoms with van der Waals surface area (Å²) in [6.07, 6.45) is 3.04. The number of benzene rings is 2. The van der Waals surface area contributed by atoms with E-state index in [2.05, 4.69) is 5.32 Å². The van der Waals surface area contributed by atoms with Crippen LogP contribution in [0.1, 0.15) is 40.7 Å². The molecule has 5 rings (SSSR count). The molecule has 0 spiro atoms. The SMILES string of the molecule is Cc1cccc(C)c1NC(=O)COC(=O)c1ccc(N2C(=O)[C@@H]3[C@H]4CC[C@@H](C4)[C@H]3C2=O)cc1. The first-order chi connectivity index (χ1) is 15.8. The van der Waals surface area contributed by atoms with Gasteiger partial charge in [-0.25, -0.2) is 4.79 Å². The highest BCUT2D eigenvalue weighted by atomic mass is 16.5. The number of carbonyl (C=O) groups is 4. The van der Waals surface area contributed by atoms with Crippen molar-refractivity contribution in [1.82, 2.24) is 0 Å². The molecule has 0 aromatic heterocycles. The van der Waals surface area contributed by atoms with Gasteiger partial charge in [0.25, 0.3) is 5.91 Å². The molecule has 2 bridgehead atoms. The summed E-state index contributed by atoms with van der Waals surface area (Å²) in [4.78, 5) is 51.8. The molecule has 1 aliphatic heterocycles. The molecule has 170 valence electrons. The molecule has 7 heteroatoms. The predicted octanol–water partition coefficient (Wildman–Crippen LogP) is 3.63. The molecule has 7 nitrogen and oxygen atoms in total. The Labute approximate surface area is 192 Å². The van der Waals surface area contributed by atoms with Gasteiger partial charge in [-0.15, -0.1) is 0 Å². The third-order valence-electron chi connectivity index (χ3n) is 7.37. The van der Waals surface area contributed by atoms with E-state index in [1.807, 2.05) is 32.0 Å². The average molecular weight is 447 g/mol. The molecule has 2 aromatic rings. The van der Waals surface area contributed by atoms with Crippen molar-refractivity contribution in [3.8, 4) is 0 Å². The fourth-order valence-electron chi connectivity index (χ4n) is 5.81. The maximum absolute atomic E-state index is 13.0. The molecule has 3 amide bonds. The van der Waals surface area contributed by atoms with Gasteiger partial charge in [-0.05, 0) is 80.3 Å². The number of imide groups is 1. The highest BCUT2D eigenvalue weighted by Gasteiger charge is 2.61. The van der Waals surface area contributed by atoms with Crippen molar-refractivity contribution in [2.45, 2.75) is 33.1 Å². The van der Waals surface area contributed by atoms with E-state index in [0.29, 0.717) is 23.2 Å². The van der Waals surface area contributed by atoms with Crippen molar-refractivity contribution in [2.24, 2.45) is 23.7 Å². The summed E-state index contributed by atoms with van der Waals surface area (Å²) >= 11 is 0. The molecule has 33 heavy (non-hydrogen) atoms. The quantitative estimate of drug-likeness (QED) is 0.559. The lowest BCUT2D eigenvalue weighted by atomic mass is 9.81. The number of hydrogen-bond donors (Lipinski definition) is 1. The Morgan fingerprint density at radius 2 is 1.52 bits per heavy atom. The summed E-state index contributed by atoms with van der Waals surface area (Å²) in [7, 11) is 0. The first-order valence-corrected chi connectivity index (χ1v) is 11.4. The van der Waals surface area contributed by atoms with Crippen LogP contribution in [0.25, 0.3) is 0 Å². The number of para-hydroxylation sites is 1. The van der Waals surface area contributed by atoms with Gasteiger partial charge in [0.2, 0.25) is 11.8 Å². The lowest BCUT2D eigenvalue weighted by Crippen LogP contribution is -2.32. The summed E-state index contributed by atoms with van der Waals surface area (Å²) in [5.41, 5.74) is 3.28. The van der Waals surface area contributed by atoms with Crippen molar-refractivity contribution < 1.29 is 23.9 Å². The van der Waals surface area contributed by atoms with Gasteiger partial charge in [-0.2, -0.15) is 0 Å². The minimum Gasteiger partial charge on any atom is -0.452 e. The zero-order valence-electron chi connectivity index (χ0n) is 18.7. The number of nitrogens with one attached hydrogen (secondary N) is 1. The Morgan fingerprint density at radius 1 is 0.939 bits per heavy atom. The first-order valence-electron chi connectivity index (χ1n) is 11.4. The largest absolute Gasteiger partial charge is 0.452 e. The smallest absolute Gasteiger partial charge is 0.338 e. The Morgan fingerprint density at radius 3 is 2.09 bits per heavy atom. The Kier molecular flexibility index (Phi) is 5.27. The van der Waals surface area contributed by atoms with Crippen LogP contribution in [0.4, 0.5) is 11.4 Å². The van der Waals surface area contributed by atoms with Crippen LogP contribution in [0.15, 0.2) is 42.5 Å². The van der Waals surface area contributed by atoms with Crippen molar-refractivity contribution >= 4 is 35.1 Å². The zero-order valence-corrected chi connectivity index (χ0v) is 18.7. The maximum Gasteiger partial charge on any atom is 0.338 e. The number of hydrogen-bond acceptors (Lipinski definition) is 5. The number of carbonyl (C=O) groups excluding carboxylic acids is 4. The highest BCUT2D eigenvalue weighted by Crippen LogP contribution is 2.56. The average Bonchev–Trinajstić information content (AvgIpc) is 3.48. The number of amides is 3. The van der Waals surface area contributed by atoms with Gasteiger partial charge < -0.3 is 10.1 Å². The summed E-state index contributed by atoms with van der Waals surface area (Å²) < 4.78 is 5.15. The molecule has 2 aliphatic carbocycles. The number of anilines is 2. The van der Waals surface area contributed by atoms with Crippen LogP contribution in [-0.4, -0.2) is 30.3 Å². The van der Waals surface area contributed by atoms with E-state index in [9.17, 15) is 19.2 Å². The van der Waals surface area contributed by atoms with Gasteiger partial charge in [-0.1, -0.05) is 18.2 Å². The number of aryl methyl sites for hydroxylation is 2. The van der Waals surface area contributed by atoms with E-state index in [1.54, 1.807) is 12.1 Å². The number of nitrogens with zero attached hydrogens (tertiary/aromatic N) is 1. The summed E-state index contributed by atoms with van der Waals surface area (Å²) in [6.45, 7) is 3.37. The number of fused-ring (bicyclic) bond motifs is 5. The van der Waals surface area contributed by atoms with Crippen LogP contribution in [0.3, 0.4) is 0 Å². The third-order valence-corrected chi connectivity index (χ3v) is 7.37. The number of ether oxygens (including phenoxy) is 1. The van der Waals surface area contributed by atoms with E-state index >= 15 is 0 Å². The fourth-order valence-corrected chi connectivity index (χ4v) is 5.81. The third kappa shape index (κ3) is 3.61. The molecule has 1 heterocycles. The maximum atomic E-state index is 13.0. The minimum absolute atomic E-state index is 0.115.